The number of benzene rings is 2. The first kappa shape index (κ1) is 18.8. The van der Waals surface area contributed by atoms with Crippen LogP contribution in [0.15, 0.2) is 42.5 Å². The first-order chi connectivity index (χ1) is 12.0. The van der Waals surface area contributed by atoms with Gasteiger partial charge in [0, 0.05) is 6.54 Å². The highest BCUT2D eigenvalue weighted by Crippen LogP contribution is 2.18. The summed E-state index contributed by atoms with van der Waals surface area (Å²) in [5.74, 6) is 1.50. The van der Waals surface area contributed by atoms with Crippen molar-refractivity contribution < 1.29 is 14.3 Å². The third kappa shape index (κ3) is 5.52. The molecule has 0 aliphatic rings. The minimum absolute atomic E-state index is 0.0748. The van der Waals surface area contributed by atoms with E-state index < -0.39 is 6.10 Å². The first-order valence-electron chi connectivity index (χ1n) is 8.68. The predicted molar refractivity (Wildman–Crippen MR) is 100 cm³/mol. The van der Waals surface area contributed by atoms with Gasteiger partial charge in [0.05, 0.1) is 7.11 Å². The summed E-state index contributed by atoms with van der Waals surface area (Å²) in [7, 11) is 1.65. The van der Waals surface area contributed by atoms with Crippen LogP contribution in [0.5, 0.6) is 11.5 Å². The number of hydrogen-bond donors (Lipinski definition) is 1. The van der Waals surface area contributed by atoms with Gasteiger partial charge < -0.3 is 14.8 Å². The van der Waals surface area contributed by atoms with E-state index in [9.17, 15) is 4.79 Å². The summed E-state index contributed by atoms with van der Waals surface area (Å²) in [6.45, 7) is 6.63. The van der Waals surface area contributed by atoms with Crippen LogP contribution in [0.4, 0.5) is 0 Å². The van der Waals surface area contributed by atoms with Gasteiger partial charge in [-0.2, -0.15) is 0 Å². The minimum atomic E-state index is -0.474. The number of amides is 1. The molecule has 0 bridgehead atoms. The molecule has 1 atom stereocenters. The molecule has 25 heavy (non-hydrogen) atoms. The van der Waals surface area contributed by atoms with Crippen LogP contribution >= 0.6 is 0 Å². The number of rotatable bonds is 8. The van der Waals surface area contributed by atoms with E-state index in [-0.39, 0.29) is 5.91 Å². The highest BCUT2D eigenvalue weighted by molar-refractivity contribution is 5.81. The zero-order valence-electron chi connectivity index (χ0n) is 15.5. The van der Waals surface area contributed by atoms with Crippen molar-refractivity contribution in [2.24, 2.45) is 0 Å². The van der Waals surface area contributed by atoms with Crippen LogP contribution in [-0.4, -0.2) is 25.7 Å². The molecule has 0 aliphatic carbocycles. The highest BCUT2D eigenvalue weighted by atomic mass is 16.5. The number of methoxy groups -OCH3 is 1. The van der Waals surface area contributed by atoms with Gasteiger partial charge in [-0.05, 0) is 67.6 Å². The maximum Gasteiger partial charge on any atom is 0.261 e. The van der Waals surface area contributed by atoms with Crippen molar-refractivity contribution in [3.8, 4) is 11.5 Å². The Bertz CT molecular complexity index is 695. The van der Waals surface area contributed by atoms with Gasteiger partial charge in [0.15, 0.2) is 6.10 Å². The van der Waals surface area contributed by atoms with E-state index >= 15 is 0 Å². The van der Waals surface area contributed by atoms with E-state index in [1.807, 2.05) is 56.3 Å². The van der Waals surface area contributed by atoms with Crippen LogP contribution < -0.4 is 14.8 Å². The van der Waals surface area contributed by atoms with Crippen molar-refractivity contribution in [3.63, 3.8) is 0 Å². The molecule has 0 fully saturated rings. The Morgan fingerprint density at radius 1 is 1.04 bits per heavy atom. The lowest BCUT2D eigenvalue weighted by molar-refractivity contribution is -0.128. The van der Waals surface area contributed by atoms with E-state index in [0.717, 1.165) is 29.0 Å². The fraction of sp³-hybridized carbons (Fsp3) is 0.381. The lowest BCUT2D eigenvalue weighted by Gasteiger charge is -2.18. The standard InChI is InChI=1S/C21H27NO3/c1-5-20(25-19-9-6-15(2)16(3)14-19)21(23)22-13-12-17-7-10-18(24-4)11-8-17/h6-11,14,20H,5,12-13H2,1-4H3,(H,22,23). The van der Waals surface area contributed by atoms with Gasteiger partial charge in [0.2, 0.25) is 0 Å². The van der Waals surface area contributed by atoms with Gasteiger partial charge >= 0.3 is 0 Å². The van der Waals surface area contributed by atoms with Crippen LogP contribution in [0, 0.1) is 13.8 Å². The minimum Gasteiger partial charge on any atom is -0.497 e. The molecule has 134 valence electrons. The number of carbonyl (C=O) groups is 1. The van der Waals surface area contributed by atoms with E-state index in [1.165, 1.54) is 5.56 Å². The lowest BCUT2D eigenvalue weighted by Crippen LogP contribution is -2.38. The molecule has 0 heterocycles. The Morgan fingerprint density at radius 2 is 1.72 bits per heavy atom. The molecule has 0 aromatic heterocycles. The number of aryl methyl sites for hydroxylation is 2. The molecule has 0 radical (unpaired) electrons. The van der Waals surface area contributed by atoms with Gasteiger partial charge in [0.25, 0.3) is 5.91 Å². The summed E-state index contributed by atoms with van der Waals surface area (Å²) in [5.41, 5.74) is 3.53. The van der Waals surface area contributed by atoms with Gasteiger partial charge in [-0.25, -0.2) is 0 Å². The van der Waals surface area contributed by atoms with Gasteiger partial charge in [-0.3, -0.25) is 4.79 Å². The lowest BCUT2D eigenvalue weighted by atomic mass is 10.1. The van der Waals surface area contributed by atoms with E-state index in [4.69, 9.17) is 9.47 Å². The molecule has 1 unspecified atom stereocenters. The van der Waals surface area contributed by atoms with E-state index in [2.05, 4.69) is 12.2 Å². The Morgan fingerprint density at radius 3 is 2.32 bits per heavy atom. The van der Waals surface area contributed by atoms with Gasteiger partial charge in [-0.1, -0.05) is 25.1 Å². The molecule has 4 nitrogen and oxygen atoms in total. The Labute approximate surface area is 150 Å². The van der Waals surface area contributed by atoms with Crippen LogP contribution in [-0.2, 0) is 11.2 Å². The summed E-state index contributed by atoms with van der Waals surface area (Å²) in [5, 5.41) is 2.96. The van der Waals surface area contributed by atoms with E-state index in [0.29, 0.717) is 13.0 Å². The van der Waals surface area contributed by atoms with Crippen molar-refractivity contribution in [2.45, 2.75) is 39.7 Å². The molecule has 2 aromatic carbocycles. The molecule has 1 amide bonds. The maximum absolute atomic E-state index is 12.4. The van der Waals surface area contributed by atoms with Gasteiger partial charge in [-0.15, -0.1) is 0 Å². The number of hydrogen-bond acceptors (Lipinski definition) is 3. The highest BCUT2D eigenvalue weighted by Gasteiger charge is 2.18. The van der Waals surface area contributed by atoms with Crippen LogP contribution in [0.2, 0.25) is 0 Å². The SMILES string of the molecule is CCC(Oc1ccc(C)c(C)c1)C(=O)NCCc1ccc(OC)cc1. The maximum atomic E-state index is 12.4. The number of ether oxygens (including phenoxy) is 2. The Balaban J connectivity index is 1.85. The zero-order valence-corrected chi connectivity index (χ0v) is 15.5. The number of nitrogens with one attached hydrogen (secondary N) is 1. The molecular weight excluding hydrogens is 314 g/mol. The molecule has 0 aliphatic heterocycles. The average molecular weight is 341 g/mol. The summed E-state index contributed by atoms with van der Waals surface area (Å²) < 4.78 is 11.0. The van der Waals surface area contributed by atoms with Crippen molar-refractivity contribution in [3.05, 3.63) is 59.2 Å². The van der Waals surface area contributed by atoms with E-state index in [1.54, 1.807) is 7.11 Å². The average Bonchev–Trinajstić information content (AvgIpc) is 2.63. The molecular formula is C21H27NO3. The molecule has 0 spiro atoms. The molecule has 0 saturated carbocycles. The van der Waals surface area contributed by atoms with Crippen LogP contribution in [0.1, 0.15) is 30.0 Å². The Kier molecular flexibility index (Phi) is 6.87. The summed E-state index contributed by atoms with van der Waals surface area (Å²) in [6.07, 6.45) is 0.926. The fourth-order valence-corrected chi connectivity index (χ4v) is 2.51. The fourth-order valence-electron chi connectivity index (χ4n) is 2.51. The largest absolute Gasteiger partial charge is 0.497 e. The zero-order chi connectivity index (χ0) is 18.2. The van der Waals surface area contributed by atoms with Crippen molar-refractivity contribution >= 4 is 5.91 Å². The third-order valence-electron chi connectivity index (χ3n) is 4.29. The Hall–Kier alpha value is -2.49. The number of carbonyl (C=O) groups excluding carboxylic acids is 1. The first-order valence-corrected chi connectivity index (χ1v) is 8.68. The molecule has 4 heteroatoms. The topological polar surface area (TPSA) is 47.6 Å². The summed E-state index contributed by atoms with van der Waals surface area (Å²) in [4.78, 5) is 12.4. The molecule has 2 aromatic rings. The molecule has 0 saturated heterocycles. The third-order valence-corrected chi connectivity index (χ3v) is 4.29. The second-order valence-electron chi connectivity index (χ2n) is 6.15. The van der Waals surface area contributed by atoms with Crippen LogP contribution in [0.25, 0.3) is 0 Å². The van der Waals surface area contributed by atoms with Crippen molar-refractivity contribution in [1.29, 1.82) is 0 Å². The van der Waals surface area contributed by atoms with Gasteiger partial charge in [0.1, 0.15) is 11.5 Å². The quantitative estimate of drug-likeness (QED) is 0.794. The monoisotopic (exact) mass is 341 g/mol. The van der Waals surface area contributed by atoms with Crippen LogP contribution in [0.3, 0.4) is 0 Å². The normalized spacial score (nSPS) is 11.7. The second kappa shape index (κ2) is 9.11. The smallest absolute Gasteiger partial charge is 0.261 e. The van der Waals surface area contributed by atoms with Crippen molar-refractivity contribution in [2.75, 3.05) is 13.7 Å². The summed E-state index contributed by atoms with van der Waals surface area (Å²) >= 11 is 0. The molecule has 1 N–H and O–H groups in total. The van der Waals surface area contributed by atoms with Crippen molar-refractivity contribution in [1.82, 2.24) is 5.32 Å². The predicted octanol–water partition coefficient (Wildman–Crippen LogP) is 3.83. The second-order valence-corrected chi connectivity index (χ2v) is 6.15. The summed E-state index contributed by atoms with van der Waals surface area (Å²) in [6, 6.07) is 13.8. The molecule has 2 rings (SSSR count).